The molecule has 1 fully saturated rings. The lowest BCUT2D eigenvalue weighted by molar-refractivity contribution is -1.05. The lowest BCUT2D eigenvalue weighted by Gasteiger charge is -2.54. The van der Waals surface area contributed by atoms with E-state index in [1.807, 2.05) is 0 Å². The molecule has 0 aromatic rings. The predicted octanol–water partition coefficient (Wildman–Crippen LogP) is 3.52. The third-order valence-corrected chi connectivity index (χ3v) is 9.54. The van der Waals surface area contributed by atoms with E-state index in [1.54, 1.807) is 0 Å². The van der Waals surface area contributed by atoms with Crippen LogP contribution in [0.2, 0.25) is 0 Å². The topological polar surface area (TPSA) is 0 Å². The van der Waals surface area contributed by atoms with Gasteiger partial charge in [0.05, 0.1) is 27.2 Å². The summed E-state index contributed by atoms with van der Waals surface area (Å²) in [5.41, 5.74) is 0. The number of quaternary nitrogens is 2. The van der Waals surface area contributed by atoms with Crippen LogP contribution in [0.4, 0.5) is 0 Å². The molecule has 1 aliphatic heterocycles. The molecule has 0 aromatic carbocycles. The Hall–Kier alpha value is 1.38. The molecule has 36 heavy (non-hydrogen) atoms. The van der Waals surface area contributed by atoms with Crippen LogP contribution in [-0.2, 0) is 0 Å². The monoisotopic (exact) mass is 734 g/mol. The fourth-order valence-corrected chi connectivity index (χ4v) is 6.51. The molecular weight excluding hydrogens is 666 g/mol. The highest BCUT2D eigenvalue weighted by atomic mass is 127. The Morgan fingerprint density at radius 1 is 0.417 bits per heavy atom. The van der Waals surface area contributed by atoms with Crippen LogP contribution in [0.25, 0.3) is 0 Å². The van der Waals surface area contributed by atoms with E-state index in [0.717, 1.165) is 12.1 Å². The van der Waals surface area contributed by atoms with Crippen molar-refractivity contribution >= 4 is 0 Å². The quantitative estimate of drug-likeness (QED) is 0.0909. The van der Waals surface area contributed by atoms with Gasteiger partial charge in [-0.1, -0.05) is 117 Å². The predicted molar refractivity (Wildman–Crippen MR) is 154 cm³/mol. The smallest absolute Gasteiger partial charge is 0.136 e. The second-order valence-corrected chi connectivity index (χ2v) is 12.8. The van der Waals surface area contributed by atoms with Gasteiger partial charge in [-0.25, -0.2) is 0 Å². The number of unbranched alkanes of at least 4 members (excludes halogenated alkanes) is 18. The summed E-state index contributed by atoms with van der Waals surface area (Å²) in [6, 6.07) is 1.62. The molecule has 1 heterocycles. The Balaban J connectivity index is 0. The number of hydrogen-bond donors (Lipinski definition) is 0. The molecule has 220 valence electrons. The average Bonchev–Trinajstić information content (AvgIpc) is 2.80. The van der Waals surface area contributed by atoms with Gasteiger partial charge in [-0.15, -0.1) is 0 Å². The van der Waals surface area contributed by atoms with Gasteiger partial charge in [-0.05, 0) is 39.5 Å². The van der Waals surface area contributed by atoms with E-state index >= 15 is 0 Å². The Bertz CT molecular complexity index is 433. The number of nitrogens with zero attached hydrogens (tertiary/aromatic N) is 2. The summed E-state index contributed by atoms with van der Waals surface area (Å²) < 4.78 is 2.65. The van der Waals surface area contributed by atoms with Crippen molar-refractivity contribution in [2.45, 2.75) is 168 Å². The molecule has 0 saturated carbocycles. The van der Waals surface area contributed by atoms with Crippen LogP contribution in [0.5, 0.6) is 0 Å². The van der Waals surface area contributed by atoms with E-state index in [2.05, 4.69) is 41.8 Å². The Kier molecular flexibility index (Phi) is 26.6. The van der Waals surface area contributed by atoms with Crippen LogP contribution in [-0.4, -0.2) is 61.3 Å². The Labute approximate surface area is 263 Å². The summed E-state index contributed by atoms with van der Waals surface area (Å²) in [6.07, 6.45) is 29.0. The molecule has 0 N–H and O–H groups in total. The van der Waals surface area contributed by atoms with Gasteiger partial charge in [0.1, 0.15) is 25.2 Å². The van der Waals surface area contributed by atoms with Crippen LogP contribution < -0.4 is 48.0 Å². The molecule has 1 saturated heterocycles. The fraction of sp³-hybridized carbons (Fsp3) is 1.00. The Morgan fingerprint density at radius 3 is 0.889 bits per heavy atom. The van der Waals surface area contributed by atoms with E-state index in [4.69, 9.17) is 0 Å². The standard InChI is InChI=1S/C32H68N2.2HI/c1-7-9-11-13-15-17-19-21-23-25-27-33(5)29-32(4)34(6,30-31(33)3)28-26-24-22-20-18-16-14-12-10-8-2;;/h31-32H,7-30H2,1-6H3;2*1H/q+2;;/p-2/t31-,32-,33?,34?;;/m0../s1. The highest BCUT2D eigenvalue weighted by molar-refractivity contribution is 4.66. The van der Waals surface area contributed by atoms with Gasteiger partial charge in [-0.3, -0.25) is 0 Å². The van der Waals surface area contributed by atoms with E-state index in [-0.39, 0.29) is 48.0 Å². The van der Waals surface area contributed by atoms with Crippen LogP contribution in [0.15, 0.2) is 0 Å². The van der Waals surface area contributed by atoms with Gasteiger partial charge < -0.3 is 56.9 Å². The zero-order chi connectivity index (χ0) is 25.1. The third kappa shape index (κ3) is 17.2. The molecule has 1 rings (SSSR count). The summed E-state index contributed by atoms with van der Waals surface area (Å²) >= 11 is 0. The first-order valence-electron chi connectivity index (χ1n) is 16.1. The normalized spacial score (nSPS) is 25.8. The molecule has 4 atom stereocenters. The molecule has 0 aromatic heterocycles. The van der Waals surface area contributed by atoms with Gasteiger partial charge in [0.15, 0.2) is 0 Å². The van der Waals surface area contributed by atoms with Crippen molar-refractivity contribution in [3.8, 4) is 0 Å². The summed E-state index contributed by atoms with van der Waals surface area (Å²) in [5, 5.41) is 0. The zero-order valence-corrected chi connectivity index (χ0v) is 30.1. The lowest BCUT2D eigenvalue weighted by atomic mass is 9.99. The van der Waals surface area contributed by atoms with Gasteiger partial charge >= 0.3 is 0 Å². The molecule has 4 heteroatoms. The van der Waals surface area contributed by atoms with Crippen molar-refractivity contribution in [1.29, 1.82) is 0 Å². The van der Waals surface area contributed by atoms with Crippen molar-refractivity contribution < 1.29 is 56.9 Å². The van der Waals surface area contributed by atoms with Crippen molar-refractivity contribution in [3.05, 3.63) is 0 Å². The summed E-state index contributed by atoms with van der Waals surface area (Å²) in [6.45, 7) is 15.3. The van der Waals surface area contributed by atoms with Crippen molar-refractivity contribution in [1.82, 2.24) is 0 Å². The maximum atomic E-state index is 2.57. The second-order valence-electron chi connectivity index (χ2n) is 12.8. The van der Waals surface area contributed by atoms with E-state index in [1.165, 1.54) is 164 Å². The number of likely N-dealkylation sites (N-methyl/N-ethyl adjacent to an activating group) is 2. The minimum atomic E-state index is 0. The van der Waals surface area contributed by atoms with E-state index in [0.29, 0.717) is 0 Å². The lowest BCUT2D eigenvalue weighted by Crippen LogP contribution is -3.00. The van der Waals surface area contributed by atoms with Crippen molar-refractivity contribution in [2.75, 3.05) is 40.3 Å². The fourth-order valence-electron chi connectivity index (χ4n) is 6.51. The number of piperazine rings is 1. The summed E-state index contributed by atoms with van der Waals surface area (Å²) in [5.74, 6) is 0. The molecule has 2 nitrogen and oxygen atoms in total. The highest BCUT2D eigenvalue weighted by Crippen LogP contribution is 2.28. The number of halogens is 2. The first kappa shape index (κ1) is 39.5. The summed E-state index contributed by atoms with van der Waals surface area (Å²) in [7, 11) is 5.14. The maximum absolute atomic E-state index is 2.57. The van der Waals surface area contributed by atoms with Gasteiger partial charge in [0.25, 0.3) is 0 Å². The van der Waals surface area contributed by atoms with Crippen molar-refractivity contribution in [2.24, 2.45) is 0 Å². The third-order valence-electron chi connectivity index (χ3n) is 9.54. The largest absolute Gasteiger partial charge is 1.00 e. The van der Waals surface area contributed by atoms with Crippen LogP contribution in [0.1, 0.15) is 156 Å². The minimum Gasteiger partial charge on any atom is -1.00 e. The van der Waals surface area contributed by atoms with E-state index < -0.39 is 0 Å². The van der Waals surface area contributed by atoms with Gasteiger partial charge in [0.2, 0.25) is 0 Å². The van der Waals surface area contributed by atoms with E-state index in [9.17, 15) is 0 Å². The van der Waals surface area contributed by atoms with Crippen molar-refractivity contribution in [3.63, 3.8) is 0 Å². The molecule has 2 unspecified atom stereocenters. The number of rotatable bonds is 22. The number of hydrogen-bond acceptors (Lipinski definition) is 0. The second kappa shape index (κ2) is 24.2. The highest BCUT2D eigenvalue weighted by Gasteiger charge is 2.46. The zero-order valence-electron chi connectivity index (χ0n) is 25.8. The maximum Gasteiger partial charge on any atom is 0.136 e. The molecule has 0 bridgehead atoms. The Morgan fingerprint density at radius 2 is 0.639 bits per heavy atom. The molecule has 0 aliphatic carbocycles. The van der Waals surface area contributed by atoms with Gasteiger partial charge in [0, 0.05) is 0 Å². The first-order chi connectivity index (χ1) is 16.4. The van der Waals surface area contributed by atoms with Crippen LogP contribution >= 0.6 is 0 Å². The first-order valence-corrected chi connectivity index (χ1v) is 16.1. The molecule has 0 spiro atoms. The molecule has 0 amide bonds. The molecule has 0 radical (unpaired) electrons. The molecular formula is C32H68I2N2. The summed E-state index contributed by atoms with van der Waals surface area (Å²) in [4.78, 5) is 0. The SMILES string of the molecule is CCCCCCCCCCCC[N+]1(C)C[C@H](C)[N+](C)(CCCCCCCCCCCC)C[C@@H]1C.[I-].[I-]. The van der Waals surface area contributed by atoms with Crippen LogP contribution in [0.3, 0.4) is 0 Å². The average molecular weight is 735 g/mol. The molecule has 1 aliphatic rings. The minimum absolute atomic E-state index is 0. The van der Waals surface area contributed by atoms with Crippen LogP contribution in [0, 0.1) is 0 Å². The van der Waals surface area contributed by atoms with Gasteiger partial charge in [-0.2, -0.15) is 0 Å².